The van der Waals surface area contributed by atoms with Crippen molar-refractivity contribution >= 4 is 11.8 Å². The Hall–Kier alpha value is -1.84. The number of likely N-dealkylation sites (tertiary alicyclic amines) is 1. The molecule has 2 heterocycles. The van der Waals surface area contributed by atoms with E-state index in [1.165, 1.54) is 11.1 Å². The predicted molar refractivity (Wildman–Crippen MR) is 85.1 cm³/mol. The van der Waals surface area contributed by atoms with Crippen LogP contribution in [0.25, 0.3) is 0 Å². The molecule has 1 atom stereocenters. The molecule has 0 unspecified atom stereocenters. The second-order valence-electron chi connectivity index (χ2n) is 7.35. The zero-order valence-electron chi connectivity index (χ0n) is 13.6. The van der Waals surface area contributed by atoms with E-state index in [4.69, 9.17) is 0 Å². The van der Waals surface area contributed by atoms with Crippen LogP contribution in [0.15, 0.2) is 24.3 Å². The largest absolute Gasteiger partial charge is 0.338 e. The first-order valence-electron chi connectivity index (χ1n) is 8.02. The van der Waals surface area contributed by atoms with Crippen molar-refractivity contribution in [3.05, 3.63) is 35.4 Å². The van der Waals surface area contributed by atoms with Crippen LogP contribution in [0, 0.1) is 5.92 Å². The van der Waals surface area contributed by atoms with Crippen LogP contribution < -0.4 is 0 Å². The smallest absolute Gasteiger partial charge is 0.228 e. The molecule has 0 N–H and O–H groups in total. The van der Waals surface area contributed by atoms with Crippen LogP contribution in [-0.4, -0.2) is 40.2 Å². The van der Waals surface area contributed by atoms with E-state index in [2.05, 4.69) is 12.1 Å². The lowest BCUT2D eigenvalue weighted by Gasteiger charge is -2.33. The number of hydrogen-bond donors (Lipinski definition) is 0. The molecule has 0 saturated carbocycles. The van der Waals surface area contributed by atoms with Crippen LogP contribution in [0.1, 0.15) is 38.3 Å². The maximum atomic E-state index is 12.8. The van der Waals surface area contributed by atoms with Gasteiger partial charge in [-0.3, -0.25) is 9.59 Å². The standard InChI is InChI=1S/C18H24N2O2/c1-18(2,3)20-12-15(10-16(20)21)17(22)19-9-8-13-6-4-5-7-14(13)11-19/h4-7,15H,8-12H2,1-3H3/t15-/m0/s1. The third-order valence-electron chi connectivity index (χ3n) is 4.73. The van der Waals surface area contributed by atoms with Crippen molar-refractivity contribution in [2.45, 2.75) is 45.7 Å². The molecule has 1 aromatic rings. The summed E-state index contributed by atoms with van der Waals surface area (Å²) in [5.41, 5.74) is 2.37. The number of hydrogen-bond acceptors (Lipinski definition) is 2. The van der Waals surface area contributed by atoms with Gasteiger partial charge in [0.1, 0.15) is 0 Å². The van der Waals surface area contributed by atoms with Crippen LogP contribution in [0.5, 0.6) is 0 Å². The number of nitrogens with zero attached hydrogens (tertiary/aromatic N) is 2. The first-order valence-corrected chi connectivity index (χ1v) is 8.02. The highest BCUT2D eigenvalue weighted by atomic mass is 16.2. The van der Waals surface area contributed by atoms with Crippen LogP contribution in [0.4, 0.5) is 0 Å². The molecule has 2 amide bonds. The van der Waals surface area contributed by atoms with Crippen molar-refractivity contribution < 1.29 is 9.59 Å². The summed E-state index contributed by atoms with van der Waals surface area (Å²) >= 11 is 0. The fraction of sp³-hybridized carbons (Fsp3) is 0.556. The van der Waals surface area contributed by atoms with E-state index in [1.807, 2.05) is 42.7 Å². The van der Waals surface area contributed by atoms with E-state index < -0.39 is 0 Å². The van der Waals surface area contributed by atoms with Crippen LogP contribution in [-0.2, 0) is 22.6 Å². The summed E-state index contributed by atoms with van der Waals surface area (Å²) in [6.45, 7) is 8.06. The normalized spacial score (nSPS) is 22.0. The van der Waals surface area contributed by atoms with Crippen molar-refractivity contribution in [3.8, 4) is 0 Å². The van der Waals surface area contributed by atoms with E-state index >= 15 is 0 Å². The fourth-order valence-corrected chi connectivity index (χ4v) is 3.46. The topological polar surface area (TPSA) is 40.6 Å². The SMILES string of the molecule is CC(C)(C)N1C[C@@H](C(=O)N2CCc3ccccc3C2)CC1=O. The zero-order chi connectivity index (χ0) is 15.9. The molecule has 0 radical (unpaired) electrons. The van der Waals surface area contributed by atoms with E-state index in [-0.39, 0.29) is 23.3 Å². The van der Waals surface area contributed by atoms with Crippen molar-refractivity contribution in [2.24, 2.45) is 5.92 Å². The van der Waals surface area contributed by atoms with Gasteiger partial charge in [0.2, 0.25) is 11.8 Å². The maximum absolute atomic E-state index is 12.8. The van der Waals surface area contributed by atoms with Crippen LogP contribution in [0.3, 0.4) is 0 Å². The average molecular weight is 300 g/mol. The van der Waals surface area contributed by atoms with E-state index in [1.54, 1.807) is 0 Å². The quantitative estimate of drug-likeness (QED) is 0.798. The second kappa shape index (κ2) is 5.41. The van der Waals surface area contributed by atoms with E-state index in [0.29, 0.717) is 19.5 Å². The molecule has 4 nitrogen and oxygen atoms in total. The number of amides is 2. The summed E-state index contributed by atoms with van der Waals surface area (Å²) in [6, 6.07) is 8.30. The molecule has 1 fully saturated rings. The molecule has 22 heavy (non-hydrogen) atoms. The lowest BCUT2D eigenvalue weighted by atomic mass is 9.98. The van der Waals surface area contributed by atoms with Gasteiger partial charge in [-0.1, -0.05) is 24.3 Å². The number of rotatable bonds is 1. The van der Waals surface area contributed by atoms with Gasteiger partial charge in [0, 0.05) is 31.6 Å². The predicted octanol–water partition coefficient (Wildman–Crippen LogP) is 2.22. The first kappa shape index (κ1) is 15.1. The molecule has 4 heteroatoms. The summed E-state index contributed by atoms with van der Waals surface area (Å²) in [6.07, 6.45) is 1.26. The highest BCUT2D eigenvalue weighted by molar-refractivity contribution is 5.89. The third-order valence-corrected chi connectivity index (χ3v) is 4.73. The summed E-state index contributed by atoms with van der Waals surface area (Å²) in [5.74, 6) is 0.0508. The van der Waals surface area contributed by atoms with Crippen molar-refractivity contribution in [3.63, 3.8) is 0 Å². The molecular weight excluding hydrogens is 276 g/mol. The van der Waals surface area contributed by atoms with Gasteiger partial charge >= 0.3 is 0 Å². The van der Waals surface area contributed by atoms with Crippen LogP contribution in [0.2, 0.25) is 0 Å². The fourth-order valence-electron chi connectivity index (χ4n) is 3.46. The Labute approximate surface area is 132 Å². The minimum absolute atomic E-state index is 0.100. The van der Waals surface area contributed by atoms with Gasteiger partial charge in [-0.05, 0) is 38.3 Å². The maximum Gasteiger partial charge on any atom is 0.228 e. The highest BCUT2D eigenvalue weighted by Crippen LogP contribution is 2.28. The third kappa shape index (κ3) is 2.74. The molecule has 118 valence electrons. The second-order valence-corrected chi connectivity index (χ2v) is 7.35. The molecule has 0 spiro atoms. The number of benzene rings is 1. The number of carbonyl (C=O) groups excluding carboxylic acids is 2. The molecule has 2 aliphatic rings. The monoisotopic (exact) mass is 300 g/mol. The lowest BCUT2D eigenvalue weighted by molar-refractivity contribution is -0.136. The summed E-state index contributed by atoms with van der Waals surface area (Å²) in [4.78, 5) is 28.7. The Morgan fingerprint density at radius 1 is 1.18 bits per heavy atom. The van der Waals surface area contributed by atoms with Gasteiger partial charge in [-0.25, -0.2) is 0 Å². The molecular formula is C18H24N2O2. The van der Waals surface area contributed by atoms with E-state index in [0.717, 1.165) is 13.0 Å². The van der Waals surface area contributed by atoms with Crippen LogP contribution >= 0.6 is 0 Å². The van der Waals surface area contributed by atoms with Crippen molar-refractivity contribution in [2.75, 3.05) is 13.1 Å². The average Bonchev–Trinajstić information content (AvgIpc) is 2.88. The summed E-state index contributed by atoms with van der Waals surface area (Å²) in [7, 11) is 0. The van der Waals surface area contributed by atoms with Gasteiger partial charge in [0.15, 0.2) is 0 Å². The molecule has 0 aliphatic carbocycles. The Bertz CT molecular complexity index is 603. The Morgan fingerprint density at radius 2 is 1.86 bits per heavy atom. The Morgan fingerprint density at radius 3 is 2.50 bits per heavy atom. The zero-order valence-corrected chi connectivity index (χ0v) is 13.6. The van der Waals surface area contributed by atoms with Gasteiger partial charge in [0.05, 0.1) is 5.92 Å². The van der Waals surface area contributed by atoms with Gasteiger partial charge < -0.3 is 9.80 Å². The minimum Gasteiger partial charge on any atom is -0.338 e. The molecule has 0 bridgehead atoms. The van der Waals surface area contributed by atoms with E-state index in [9.17, 15) is 9.59 Å². The van der Waals surface area contributed by atoms with Crippen molar-refractivity contribution in [1.29, 1.82) is 0 Å². The van der Waals surface area contributed by atoms with Gasteiger partial charge in [0.25, 0.3) is 0 Å². The molecule has 0 aromatic heterocycles. The number of carbonyl (C=O) groups is 2. The molecule has 1 aromatic carbocycles. The first-order chi connectivity index (χ1) is 10.4. The molecule has 1 saturated heterocycles. The Kier molecular flexibility index (Phi) is 3.71. The highest BCUT2D eigenvalue weighted by Gasteiger charge is 2.41. The molecule has 3 rings (SSSR count). The summed E-state index contributed by atoms with van der Waals surface area (Å²) < 4.78 is 0. The van der Waals surface area contributed by atoms with Gasteiger partial charge in [-0.15, -0.1) is 0 Å². The van der Waals surface area contributed by atoms with Gasteiger partial charge in [-0.2, -0.15) is 0 Å². The minimum atomic E-state index is -0.208. The lowest BCUT2D eigenvalue weighted by Crippen LogP contribution is -2.44. The molecule has 2 aliphatic heterocycles. The number of fused-ring (bicyclic) bond motifs is 1. The summed E-state index contributed by atoms with van der Waals surface area (Å²) in [5, 5.41) is 0. The Balaban J connectivity index is 1.70. The van der Waals surface area contributed by atoms with Crippen molar-refractivity contribution in [1.82, 2.24) is 9.80 Å².